The molecule has 0 amide bonds. The number of benzene rings is 2. The van der Waals surface area contributed by atoms with Gasteiger partial charge in [0.1, 0.15) is 5.82 Å². The number of rotatable bonds is 3. The van der Waals surface area contributed by atoms with Crippen molar-refractivity contribution in [1.82, 2.24) is 9.55 Å². The molecule has 0 aliphatic heterocycles. The number of fused-ring (bicyclic) bond motifs is 1. The molecule has 2 aromatic carbocycles. The minimum absolute atomic E-state index is 0.418. The molecule has 1 heterocycles. The van der Waals surface area contributed by atoms with E-state index in [0.717, 1.165) is 21.3 Å². The first kappa shape index (κ1) is 14.6. The van der Waals surface area contributed by atoms with E-state index in [1.165, 1.54) is 0 Å². The highest BCUT2D eigenvalue weighted by Crippen LogP contribution is 2.29. The lowest BCUT2D eigenvalue weighted by Crippen LogP contribution is -2.07. The van der Waals surface area contributed by atoms with E-state index in [4.69, 9.17) is 11.6 Å². The molecule has 108 valence electrons. The van der Waals surface area contributed by atoms with Gasteiger partial charge in [-0.3, -0.25) is 0 Å². The van der Waals surface area contributed by atoms with Crippen molar-refractivity contribution in [2.75, 3.05) is 0 Å². The molecule has 0 saturated carbocycles. The lowest BCUT2D eigenvalue weighted by Gasteiger charge is -2.13. The van der Waals surface area contributed by atoms with Crippen LogP contribution in [0.25, 0.3) is 11.0 Å². The Labute approximate surface area is 136 Å². The van der Waals surface area contributed by atoms with Crippen LogP contribution in [-0.2, 0) is 13.5 Å². The largest absolute Gasteiger partial charge is 0.388 e. The van der Waals surface area contributed by atoms with Gasteiger partial charge in [-0.1, -0.05) is 39.7 Å². The summed E-state index contributed by atoms with van der Waals surface area (Å²) < 4.78 is 2.90. The maximum Gasteiger partial charge on any atom is 0.112 e. The topological polar surface area (TPSA) is 38.0 Å². The number of aryl methyl sites for hydroxylation is 1. The molecule has 3 rings (SSSR count). The predicted octanol–water partition coefficient (Wildman–Crippen LogP) is 4.27. The van der Waals surface area contributed by atoms with E-state index in [9.17, 15) is 5.11 Å². The summed E-state index contributed by atoms with van der Waals surface area (Å²) in [5.74, 6) is 0.833. The van der Waals surface area contributed by atoms with Gasteiger partial charge in [-0.05, 0) is 30.3 Å². The van der Waals surface area contributed by atoms with Crippen LogP contribution in [0.1, 0.15) is 17.5 Å². The maximum atomic E-state index is 10.5. The summed E-state index contributed by atoms with van der Waals surface area (Å²) in [5.41, 5.74) is 2.70. The fourth-order valence-electron chi connectivity index (χ4n) is 2.43. The number of aliphatic hydroxyl groups excluding tert-OH is 1. The number of halogens is 2. The molecule has 0 saturated heterocycles. The molecular weight excluding hydrogens is 352 g/mol. The molecule has 21 heavy (non-hydrogen) atoms. The van der Waals surface area contributed by atoms with Crippen molar-refractivity contribution in [2.24, 2.45) is 7.05 Å². The molecule has 5 heteroatoms. The van der Waals surface area contributed by atoms with Gasteiger partial charge in [0.25, 0.3) is 0 Å². The number of aliphatic hydroxyl groups is 1. The Kier molecular flexibility index (Phi) is 4.02. The number of nitrogens with zero attached hydrogens (tertiary/aromatic N) is 2. The Morgan fingerprint density at radius 3 is 2.81 bits per heavy atom. The Morgan fingerprint density at radius 2 is 2.05 bits per heavy atom. The Balaban J connectivity index is 1.94. The van der Waals surface area contributed by atoms with Gasteiger partial charge >= 0.3 is 0 Å². The Morgan fingerprint density at radius 1 is 1.29 bits per heavy atom. The summed E-state index contributed by atoms with van der Waals surface area (Å²) in [7, 11) is 1.96. The van der Waals surface area contributed by atoms with E-state index in [2.05, 4.69) is 20.9 Å². The van der Waals surface area contributed by atoms with Crippen molar-refractivity contribution in [1.29, 1.82) is 0 Å². The zero-order valence-corrected chi connectivity index (χ0v) is 13.8. The van der Waals surface area contributed by atoms with Gasteiger partial charge in [-0.25, -0.2) is 4.98 Å². The van der Waals surface area contributed by atoms with E-state index >= 15 is 0 Å². The Bertz CT molecular complexity index is 800. The molecule has 3 nitrogen and oxygen atoms in total. The van der Waals surface area contributed by atoms with Crippen molar-refractivity contribution >= 4 is 38.6 Å². The normalized spacial score (nSPS) is 12.8. The molecule has 0 spiro atoms. The van der Waals surface area contributed by atoms with Crippen molar-refractivity contribution in [2.45, 2.75) is 12.5 Å². The zero-order valence-electron chi connectivity index (χ0n) is 11.4. The van der Waals surface area contributed by atoms with Gasteiger partial charge in [0.15, 0.2) is 0 Å². The van der Waals surface area contributed by atoms with Crippen LogP contribution in [0.15, 0.2) is 46.9 Å². The van der Waals surface area contributed by atoms with Crippen molar-refractivity contribution in [3.8, 4) is 0 Å². The fraction of sp³-hybridized carbons (Fsp3) is 0.188. The van der Waals surface area contributed by atoms with Crippen molar-refractivity contribution in [3.63, 3.8) is 0 Å². The zero-order chi connectivity index (χ0) is 15.0. The van der Waals surface area contributed by atoms with Crippen LogP contribution >= 0.6 is 27.5 Å². The van der Waals surface area contributed by atoms with E-state index in [1.807, 2.05) is 48.0 Å². The molecule has 1 N–H and O–H groups in total. The second-order valence-electron chi connectivity index (χ2n) is 4.96. The van der Waals surface area contributed by atoms with Crippen LogP contribution in [0.2, 0.25) is 5.02 Å². The lowest BCUT2D eigenvalue weighted by molar-refractivity contribution is 0.175. The first-order valence-electron chi connectivity index (χ1n) is 6.59. The number of aromatic nitrogens is 2. The third-order valence-corrected chi connectivity index (χ3v) is 4.41. The summed E-state index contributed by atoms with van der Waals surface area (Å²) in [5, 5.41) is 11.0. The fourth-order valence-corrected chi connectivity index (χ4v) is 3.05. The summed E-state index contributed by atoms with van der Waals surface area (Å²) in [6, 6.07) is 13.4. The number of imidazole rings is 1. The molecule has 0 fully saturated rings. The molecule has 1 aromatic heterocycles. The molecule has 1 unspecified atom stereocenters. The van der Waals surface area contributed by atoms with Gasteiger partial charge in [-0.2, -0.15) is 0 Å². The molecule has 3 aromatic rings. The average molecular weight is 366 g/mol. The molecule has 0 radical (unpaired) electrons. The van der Waals surface area contributed by atoms with Crippen LogP contribution in [0.3, 0.4) is 0 Å². The van der Waals surface area contributed by atoms with Crippen molar-refractivity contribution < 1.29 is 5.11 Å². The van der Waals surface area contributed by atoms with Gasteiger partial charge < -0.3 is 9.67 Å². The lowest BCUT2D eigenvalue weighted by atomic mass is 10.1. The van der Waals surface area contributed by atoms with Crippen molar-refractivity contribution in [3.05, 3.63) is 63.3 Å². The smallest absolute Gasteiger partial charge is 0.112 e. The van der Waals surface area contributed by atoms with Gasteiger partial charge in [0, 0.05) is 28.5 Å². The SMILES string of the molecule is Cn1c(CC(O)c2cc(Br)ccc2Cl)nc2ccccc21. The summed E-state index contributed by atoms with van der Waals surface area (Å²) >= 11 is 9.57. The van der Waals surface area contributed by atoms with E-state index < -0.39 is 6.10 Å². The minimum atomic E-state index is -0.689. The molecule has 0 aliphatic carbocycles. The van der Waals surface area contributed by atoms with E-state index in [-0.39, 0.29) is 0 Å². The second-order valence-corrected chi connectivity index (χ2v) is 6.28. The average Bonchev–Trinajstić information content (AvgIpc) is 2.78. The number of para-hydroxylation sites is 2. The molecular formula is C16H14BrClN2O. The number of hydrogen-bond donors (Lipinski definition) is 1. The first-order chi connectivity index (χ1) is 10.1. The van der Waals surface area contributed by atoms with Crippen LogP contribution in [0.5, 0.6) is 0 Å². The minimum Gasteiger partial charge on any atom is -0.388 e. The third kappa shape index (κ3) is 2.84. The predicted molar refractivity (Wildman–Crippen MR) is 88.5 cm³/mol. The Hall–Kier alpha value is -1.36. The van der Waals surface area contributed by atoms with Crippen LogP contribution < -0.4 is 0 Å². The highest BCUT2D eigenvalue weighted by Gasteiger charge is 2.16. The van der Waals surface area contributed by atoms with Crippen LogP contribution in [-0.4, -0.2) is 14.7 Å². The molecule has 0 aliphatic rings. The van der Waals surface area contributed by atoms with Gasteiger partial charge in [0.05, 0.1) is 17.1 Å². The quantitative estimate of drug-likeness (QED) is 0.753. The van der Waals surface area contributed by atoms with Gasteiger partial charge in [0.2, 0.25) is 0 Å². The van der Waals surface area contributed by atoms with Gasteiger partial charge in [-0.15, -0.1) is 0 Å². The first-order valence-corrected chi connectivity index (χ1v) is 7.76. The monoisotopic (exact) mass is 364 g/mol. The van der Waals surface area contributed by atoms with Crippen LogP contribution in [0, 0.1) is 0 Å². The second kappa shape index (κ2) is 5.79. The summed E-state index contributed by atoms with van der Waals surface area (Å²) in [6.45, 7) is 0. The number of hydrogen-bond acceptors (Lipinski definition) is 2. The summed E-state index contributed by atoms with van der Waals surface area (Å²) in [6.07, 6.45) is -0.271. The summed E-state index contributed by atoms with van der Waals surface area (Å²) in [4.78, 5) is 4.58. The maximum absolute atomic E-state index is 10.5. The standard InChI is InChI=1S/C16H14BrClN2O/c1-20-14-5-3-2-4-13(14)19-16(20)9-15(21)11-8-10(17)6-7-12(11)18/h2-8,15,21H,9H2,1H3. The van der Waals surface area contributed by atoms with E-state index in [1.54, 1.807) is 6.07 Å². The highest BCUT2D eigenvalue weighted by atomic mass is 79.9. The highest BCUT2D eigenvalue weighted by molar-refractivity contribution is 9.10. The van der Waals surface area contributed by atoms with Crippen LogP contribution in [0.4, 0.5) is 0 Å². The third-order valence-electron chi connectivity index (χ3n) is 3.57. The van der Waals surface area contributed by atoms with E-state index in [0.29, 0.717) is 17.0 Å². The molecule has 0 bridgehead atoms. The molecule has 1 atom stereocenters.